The molecule has 86 valence electrons. The highest BCUT2D eigenvalue weighted by atomic mass is 16.4. The van der Waals surface area contributed by atoms with Gasteiger partial charge in [-0.05, 0) is 35.4 Å². The van der Waals surface area contributed by atoms with Crippen molar-refractivity contribution < 1.29 is 10.3 Å². The molecule has 17 heavy (non-hydrogen) atoms. The van der Waals surface area contributed by atoms with Crippen molar-refractivity contribution in [2.45, 2.75) is 6.42 Å². The molecule has 0 spiro atoms. The van der Waals surface area contributed by atoms with E-state index in [1.54, 1.807) is 24.3 Å². The van der Waals surface area contributed by atoms with Gasteiger partial charge >= 0.3 is 0 Å². The topological polar surface area (TPSA) is 52.8 Å². The van der Waals surface area contributed by atoms with E-state index >= 15 is 0 Å². The molecule has 0 fully saturated rings. The van der Waals surface area contributed by atoms with Crippen LogP contribution in [0.4, 0.5) is 0 Å². The monoisotopic (exact) mass is 227 g/mol. The number of nitrogens with zero attached hydrogens (tertiary/aromatic N) is 1. The molecular formula is C14H13NO2. The SMILES string of the molecule is ON=C(Cc1ccccc1)c1ccc(O)cc1. The maximum atomic E-state index is 9.20. The summed E-state index contributed by atoms with van der Waals surface area (Å²) in [6.45, 7) is 0. The lowest BCUT2D eigenvalue weighted by molar-refractivity contribution is 0.318. The average molecular weight is 227 g/mol. The number of rotatable bonds is 3. The molecule has 0 saturated carbocycles. The molecule has 0 aromatic heterocycles. The minimum Gasteiger partial charge on any atom is -0.508 e. The van der Waals surface area contributed by atoms with Crippen molar-refractivity contribution in [3.8, 4) is 5.75 Å². The highest BCUT2D eigenvalue weighted by Crippen LogP contribution is 2.13. The first kappa shape index (κ1) is 11.2. The van der Waals surface area contributed by atoms with Crippen molar-refractivity contribution in [2.75, 3.05) is 0 Å². The average Bonchev–Trinajstić information content (AvgIpc) is 2.38. The van der Waals surface area contributed by atoms with Gasteiger partial charge in [-0.3, -0.25) is 0 Å². The Hall–Kier alpha value is -2.29. The van der Waals surface area contributed by atoms with Gasteiger partial charge in [0.25, 0.3) is 0 Å². The molecular weight excluding hydrogens is 214 g/mol. The Labute approximate surface area is 99.7 Å². The number of phenolic OH excluding ortho intramolecular Hbond substituents is 1. The molecule has 0 radical (unpaired) electrons. The maximum absolute atomic E-state index is 9.20. The highest BCUT2D eigenvalue weighted by molar-refractivity contribution is 6.01. The summed E-state index contributed by atoms with van der Waals surface area (Å²) in [5, 5.41) is 21.6. The van der Waals surface area contributed by atoms with Gasteiger partial charge < -0.3 is 10.3 Å². The van der Waals surface area contributed by atoms with Crippen molar-refractivity contribution in [2.24, 2.45) is 5.16 Å². The van der Waals surface area contributed by atoms with E-state index in [0.29, 0.717) is 12.1 Å². The van der Waals surface area contributed by atoms with Gasteiger partial charge in [0.15, 0.2) is 0 Å². The molecule has 0 aliphatic carbocycles. The van der Waals surface area contributed by atoms with Crippen molar-refractivity contribution in [1.29, 1.82) is 0 Å². The molecule has 2 N–H and O–H groups in total. The second kappa shape index (κ2) is 5.16. The van der Waals surface area contributed by atoms with E-state index in [4.69, 9.17) is 5.21 Å². The Balaban J connectivity index is 2.21. The molecule has 0 amide bonds. The third-order valence-corrected chi connectivity index (χ3v) is 2.54. The summed E-state index contributed by atoms with van der Waals surface area (Å²) in [5.74, 6) is 0.200. The van der Waals surface area contributed by atoms with E-state index in [9.17, 15) is 5.11 Å². The van der Waals surface area contributed by atoms with E-state index in [2.05, 4.69) is 5.16 Å². The van der Waals surface area contributed by atoms with Crippen LogP contribution in [0, 0.1) is 0 Å². The van der Waals surface area contributed by atoms with Crippen LogP contribution >= 0.6 is 0 Å². The van der Waals surface area contributed by atoms with E-state index in [0.717, 1.165) is 11.1 Å². The van der Waals surface area contributed by atoms with Gasteiger partial charge in [0, 0.05) is 6.42 Å². The molecule has 3 nitrogen and oxygen atoms in total. The molecule has 0 atom stereocenters. The molecule has 3 heteroatoms. The van der Waals surface area contributed by atoms with Crippen LogP contribution < -0.4 is 0 Å². The quantitative estimate of drug-likeness (QED) is 0.481. The van der Waals surface area contributed by atoms with Crippen LogP contribution in [0.15, 0.2) is 59.8 Å². The zero-order valence-corrected chi connectivity index (χ0v) is 9.24. The first-order valence-corrected chi connectivity index (χ1v) is 5.34. The Morgan fingerprint density at radius 3 is 2.18 bits per heavy atom. The van der Waals surface area contributed by atoms with Gasteiger partial charge in [0.05, 0.1) is 5.71 Å². The van der Waals surface area contributed by atoms with Crippen molar-refractivity contribution in [3.63, 3.8) is 0 Å². The Kier molecular flexibility index (Phi) is 3.40. The lowest BCUT2D eigenvalue weighted by atomic mass is 10.0. The number of hydrogen-bond donors (Lipinski definition) is 2. The minimum absolute atomic E-state index is 0.200. The van der Waals surface area contributed by atoms with Crippen molar-refractivity contribution in [3.05, 3.63) is 65.7 Å². The van der Waals surface area contributed by atoms with Crippen molar-refractivity contribution in [1.82, 2.24) is 0 Å². The number of phenols is 1. The molecule has 2 aromatic rings. The molecule has 2 rings (SSSR count). The van der Waals surface area contributed by atoms with Gasteiger partial charge in [-0.2, -0.15) is 0 Å². The predicted octanol–water partition coefficient (Wildman–Crippen LogP) is 2.81. The lowest BCUT2D eigenvalue weighted by Gasteiger charge is -2.05. The molecule has 0 heterocycles. The number of hydrogen-bond acceptors (Lipinski definition) is 3. The zero-order chi connectivity index (χ0) is 12.1. The number of oxime groups is 1. The third-order valence-electron chi connectivity index (χ3n) is 2.54. The van der Waals surface area contributed by atoms with Gasteiger partial charge in [0.2, 0.25) is 0 Å². The lowest BCUT2D eigenvalue weighted by Crippen LogP contribution is -2.05. The number of aromatic hydroxyl groups is 1. The van der Waals surface area contributed by atoms with E-state index < -0.39 is 0 Å². The largest absolute Gasteiger partial charge is 0.508 e. The highest BCUT2D eigenvalue weighted by Gasteiger charge is 2.05. The summed E-state index contributed by atoms with van der Waals surface area (Å²) in [7, 11) is 0. The molecule has 0 unspecified atom stereocenters. The predicted molar refractivity (Wildman–Crippen MR) is 66.6 cm³/mol. The fourth-order valence-corrected chi connectivity index (χ4v) is 1.64. The smallest absolute Gasteiger partial charge is 0.115 e. The van der Waals surface area contributed by atoms with Crippen LogP contribution in [0.5, 0.6) is 5.75 Å². The second-order valence-corrected chi connectivity index (χ2v) is 3.76. The third kappa shape index (κ3) is 2.84. The van der Waals surface area contributed by atoms with Gasteiger partial charge in [0.1, 0.15) is 5.75 Å². The Morgan fingerprint density at radius 1 is 0.941 bits per heavy atom. The van der Waals surface area contributed by atoms with Crippen LogP contribution in [-0.4, -0.2) is 16.0 Å². The van der Waals surface area contributed by atoms with E-state index in [-0.39, 0.29) is 5.75 Å². The molecule has 0 aliphatic rings. The van der Waals surface area contributed by atoms with Crippen LogP contribution in [-0.2, 0) is 6.42 Å². The van der Waals surface area contributed by atoms with Crippen LogP contribution in [0.3, 0.4) is 0 Å². The summed E-state index contributed by atoms with van der Waals surface area (Å²) < 4.78 is 0. The zero-order valence-electron chi connectivity index (χ0n) is 9.24. The minimum atomic E-state index is 0.200. The Morgan fingerprint density at radius 2 is 1.59 bits per heavy atom. The summed E-state index contributed by atoms with van der Waals surface area (Å²) in [5.41, 5.74) is 2.46. The molecule has 0 aliphatic heterocycles. The first-order valence-electron chi connectivity index (χ1n) is 5.34. The fraction of sp³-hybridized carbons (Fsp3) is 0.0714. The first-order chi connectivity index (χ1) is 8.29. The van der Waals surface area contributed by atoms with Gasteiger partial charge in [-0.15, -0.1) is 0 Å². The molecule has 2 aromatic carbocycles. The van der Waals surface area contributed by atoms with Crippen LogP contribution in [0.25, 0.3) is 0 Å². The summed E-state index contributed by atoms with van der Waals surface area (Å²) >= 11 is 0. The standard InChI is InChI=1S/C14H13NO2/c16-13-8-6-12(7-9-13)14(15-17)10-11-4-2-1-3-5-11/h1-9,16-17H,10H2. The van der Waals surface area contributed by atoms with E-state index in [1.807, 2.05) is 30.3 Å². The Bertz CT molecular complexity index is 504. The molecule has 0 bridgehead atoms. The second-order valence-electron chi connectivity index (χ2n) is 3.76. The maximum Gasteiger partial charge on any atom is 0.115 e. The van der Waals surface area contributed by atoms with Gasteiger partial charge in [-0.1, -0.05) is 35.5 Å². The molecule has 0 saturated heterocycles. The summed E-state index contributed by atoms with van der Waals surface area (Å²) in [6, 6.07) is 16.4. The summed E-state index contributed by atoms with van der Waals surface area (Å²) in [6.07, 6.45) is 0.558. The van der Waals surface area contributed by atoms with E-state index in [1.165, 1.54) is 0 Å². The fourth-order valence-electron chi connectivity index (χ4n) is 1.64. The summed E-state index contributed by atoms with van der Waals surface area (Å²) in [4.78, 5) is 0. The van der Waals surface area contributed by atoms with Gasteiger partial charge in [-0.25, -0.2) is 0 Å². The van der Waals surface area contributed by atoms with Crippen molar-refractivity contribution >= 4 is 5.71 Å². The van der Waals surface area contributed by atoms with Crippen LogP contribution in [0.2, 0.25) is 0 Å². The normalized spacial score (nSPS) is 11.4. The van der Waals surface area contributed by atoms with Crippen LogP contribution in [0.1, 0.15) is 11.1 Å². The number of benzene rings is 2.